The lowest BCUT2D eigenvalue weighted by atomic mass is 9.98. The second kappa shape index (κ2) is 21.0. The molecule has 1 aromatic heterocycles. The molecule has 2 amide bonds. The lowest BCUT2D eigenvalue weighted by molar-refractivity contribution is -0.319. The lowest BCUT2D eigenvalue weighted by Crippen LogP contribution is -2.61. The molecular weight excluding hydrogens is 795 g/mol. The molecule has 62 heavy (non-hydrogen) atoms. The molecule has 13 heteroatoms. The van der Waals surface area contributed by atoms with Crippen molar-refractivity contribution in [2.75, 3.05) is 27.4 Å². The van der Waals surface area contributed by atoms with Crippen molar-refractivity contribution in [1.29, 1.82) is 0 Å². The number of benzene rings is 4. The highest BCUT2D eigenvalue weighted by Crippen LogP contribution is 2.35. The van der Waals surface area contributed by atoms with Crippen LogP contribution in [0.5, 0.6) is 0 Å². The molecule has 2 aliphatic rings. The molecule has 0 bridgehead atoms. The summed E-state index contributed by atoms with van der Waals surface area (Å²) in [5, 5.41) is 10.5. The van der Waals surface area contributed by atoms with Crippen molar-refractivity contribution in [3.63, 3.8) is 0 Å². The van der Waals surface area contributed by atoms with Gasteiger partial charge in [-0.1, -0.05) is 121 Å². The molecule has 326 valence electrons. The van der Waals surface area contributed by atoms with E-state index in [9.17, 15) is 19.5 Å². The number of rotatable bonds is 19. The average Bonchev–Trinajstić information content (AvgIpc) is 3.87. The quantitative estimate of drug-likeness (QED) is 0.0500. The number of furan rings is 1. The number of aryl methyl sites for hydroxylation is 2. The first kappa shape index (κ1) is 44.5. The van der Waals surface area contributed by atoms with Crippen molar-refractivity contribution in [3.8, 4) is 11.1 Å². The SMILES string of the molecule is COC(C(=O)c1cc(-c2cccc(C)c2)c(CCCOC2C(OC)OC(CO)C(OCc3ccccc3)C2OCc2ccccc2)o1)C(=O)N1C(=O)OC(c2ccccc2)C1C. The van der Waals surface area contributed by atoms with Crippen LogP contribution in [0.25, 0.3) is 11.1 Å². The van der Waals surface area contributed by atoms with E-state index in [0.29, 0.717) is 24.2 Å². The van der Waals surface area contributed by atoms with E-state index in [-0.39, 0.29) is 32.2 Å². The predicted octanol–water partition coefficient (Wildman–Crippen LogP) is 7.41. The van der Waals surface area contributed by atoms with E-state index < -0.39 is 66.7 Å². The van der Waals surface area contributed by atoms with Gasteiger partial charge < -0.3 is 42.7 Å². The first-order valence-corrected chi connectivity index (χ1v) is 20.8. The number of carbonyl (C=O) groups is 3. The van der Waals surface area contributed by atoms with Crippen LogP contribution < -0.4 is 0 Å². The summed E-state index contributed by atoms with van der Waals surface area (Å²) >= 11 is 0. The summed E-state index contributed by atoms with van der Waals surface area (Å²) in [6.07, 6.45) is -6.28. The number of ketones is 1. The molecule has 0 saturated carbocycles. The molecule has 2 aliphatic heterocycles. The molecule has 7 rings (SSSR count). The van der Waals surface area contributed by atoms with E-state index in [4.69, 9.17) is 37.6 Å². The third-order valence-electron chi connectivity index (χ3n) is 11.1. The largest absolute Gasteiger partial charge is 0.457 e. The molecule has 0 radical (unpaired) electrons. The Morgan fingerprint density at radius 3 is 2.05 bits per heavy atom. The van der Waals surface area contributed by atoms with Crippen LogP contribution in [-0.2, 0) is 57.6 Å². The van der Waals surface area contributed by atoms with Crippen molar-refractivity contribution >= 4 is 17.8 Å². The van der Waals surface area contributed by atoms with Crippen LogP contribution in [0.2, 0.25) is 0 Å². The second-order valence-electron chi connectivity index (χ2n) is 15.4. The molecule has 3 heterocycles. The summed E-state index contributed by atoms with van der Waals surface area (Å²) in [4.78, 5) is 42.0. The topological polar surface area (TPSA) is 152 Å². The first-order chi connectivity index (χ1) is 30.2. The summed E-state index contributed by atoms with van der Waals surface area (Å²) in [6, 6.07) is 37.2. The molecule has 1 N–H and O–H groups in total. The highest BCUT2D eigenvalue weighted by molar-refractivity contribution is 6.14. The summed E-state index contributed by atoms with van der Waals surface area (Å²) in [5.74, 6) is -1.19. The zero-order valence-corrected chi connectivity index (χ0v) is 35.3. The third kappa shape index (κ3) is 10.2. The lowest BCUT2D eigenvalue weighted by Gasteiger charge is -2.45. The summed E-state index contributed by atoms with van der Waals surface area (Å²) in [7, 11) is 2.75. The smallest absolute Gasteiger partial charge is 0.417 e. The maximum atomic E-state index is 14.1. The molecule has 0 aliphatic carbocycles. The number of nitrogens with zero attached hydrogens (tertiary/aromatic N) is 1. The van der Waals surface area contributed by atoms with E-state index in [1.54, 1.807) is 13.0 Å². The highest BCUT2D eigenvalue weighted by atomic mass is 16.7. The van der Waals surface area contributed by atoms with Crippen LogP contribution in [0.3, 0.4) is 0 Å². The highest BCUT2D eigenvalue weighted by Gasteiger charge is 2.49. The monoisotopic (exact) mass is 847 g/mol. The van der Waals surface area contributed by atoms with Gasteiger partial charge in [0.25, 0.3) is 5.91 Å². The molecule has 2 fully saturated rings. The number of amides is 2. The van der Waals surface area contributed by atoms with Gasteiger partial charge in [-0.2, -0.15) is 0 Å². The fourth-order valence-electron chi connectivity index (χ4n) is 7.98. The molecular formula is C49H53NO12. The van der Waals surface area contributed by atoms with Gasteiger partial charge in [0.1, 0.15) is 36.3 Å². The number of ether oxygens (including phenoxy) is 7. The van der Waals surface area contributed by atoms with Gasteiger partial charge in [-0.3, -0.25) is 9.59 Å². The minimum absolute atomic E-state index is 0.0968. The summed E-state index contributed by atoms with van der Waals surface area (Å²) < 4.78 is 48.9. The Balaban J connectivity index is 1.09. The van der Waals surface area contributed by atoms with Gasteiger partial charge >= 0.3 is 6.09 Å². The summed E-state index contributed by atoms with van der Waals surface area (Å²) in [6.45, 7) is 4.04. The Labute approximate surface area is 361 Å². The van der Waals surface area contributed by atoms with Crippen LogP contribution in [-0.4, -0.2) is 98.1 Å². The standard InChI is InChI=1S/C49H53NO12/c1-31-16-14-23-36(26-31)37-27-39(41(52)44(55-3)47(53)50-32(2)42(62-49(50)54)35-21-12-7-13-22-35)60-38(37)24-15-25-57-46-45(59-30-34-19-10-6-11-20-34)43(40(28-51)61-48(46)56-4)58-29-33-17-8-5-9-18-33/h5-14,16-23,26-27,32,40,42-46,48,51H,15,24-25,28-30H2,1-4H3. The Bertz CT molecular complexity index is 2230. The van der Waals surface area contributed by atoms with Gasteiger partial charge in [0.2, 0.25) is 11.9 Å². The van der Waals surface area contributed by atoms with Gasteiger partial charge in [-0.05, 0) is 48.6 Å². The fourth-order valence-corrected chi connectivity index (χ4v) is 7.98. The molecule has 0 spiro atoms. The Hall–Kier alpha value is -5.51. The van der Waals surface area contributed by atoms with Gasteiger partial charge in [0.05, 0.1) is 25.9 Å². The first-order valence-electron chi connectivity index (χ1n) is 20.8. The van der Waals surface area contributed by atoms with Crippen LogP contribution in [0.4, 0.5) is 4.79 Å². The van der Waals surface area contributed by atoms with E-state index >= 15 is 0 Å². The van der Waals surface area contributed by atoms with Crippen molar-refractivity contribution in [2.45, 2.75) is 88.9 Å². The zero-order valence-electron chi connectivity index (χ0n) is 35.3. The van der Waals surface area contributed by atoms with Gasteiger partial charge in [-0.15, -0.1) is 0 Å². The van der Waals surface area contributed by atoms with Gasteiger partial charge in [-0.25, -0.2) is 9.69 Å². The molecule has 4 aromatic carbocycles. The number of imide groups is 1. The molecule has 13 nitrogen and oxygen atoms in total. The van der Waals surface area contributed by atoms with Gasteiger partial charge in [0, 0.05) is 32.8 Å². The maximum Gasteiger partial charge on any atom is 0.417 e. The average molecular weight is 848 g/mol. The number of aliphatic hydroxyl groups is 1. The van der Waals surface area contributed by atoms with E-state index in [2.05, 4.69) is 0 Å². The fraction of sp³-hybridized carbons (Fsp3) is 0.367. The zero-order chi connectivity index (χ0) is 43.6. The number of cyclic esters (lactones) is 1. The van der Waals surface area contributed by atoms with Crippen LogP contribution in [0.15, 0.2) is 126 Å². The molecule has 8 atom stereocenters. The van der Waals surface area contributed by atoms with E-state index in [1.807, 2.05) is 122 Å². The Kier molecular flexibility index (Phi) is 15.1. The van der Waals surface area contributed by atoms with E-state index in [0.717, 1.165) is 32.7 Å². The van der Waals surface area contributed by atoms with Crippen LogP contribution in [0, 0.1) is 6.92 Å². The number of methoxy groups -OCH3 is 2. The number of hydrogen-bond donors (Lipinski definition) is 1. The number of carbonyl (C=O) groups excluding carboxylic acids is 3. The minimum atomic E-state index is -1.67. The van der Waals surface area contributed by atoms with Gasteiger partial charge in [0.15, 0.2) is 12.1 Å². The van der Waals surface area contributed by atoms with Crippen LogP contribution >= 0.6 is 0 Å². The summed E-state index contributed by atoms with van der Waals surface area (Å²) in [5.41, 5.74) is 5.10. The molecule has 2 saturated heterocycles. The van der Waals surface area contributed by atoms with Crippen LogP contribution in [0.1, 0.15) is 58.0 Å². The second-order valence-corrected chi connectivity index (χ2v) is 15.4. The maximum absolute atomic E-state index is 14.1. The van der Waals surface area contributed by atoms with Crippen molar-refractivity contribution in [1.82, 2.24) is 4.90 Å². The molecule has 8 unspecified atom stereocenters. The minimum Gasteiger partial charge on any atom is -0.457 e. The van der Waals surface area contributed by atoms with Crippen molar-refractivity contribution in [3.05, 3.63) is 155 Å². The predicted molar refractivity (Wildman–Crippen MR) is 227 cm³/mol. The number of hydrogen-bond acceptors (Lipinski definition) is 12. The Morgan fingerprint density at radius 1 is 0.790 bits per heavy atom. The number of Topliss-reactive ketones (excluding diaryl/α,β-unsaturated/α-hetero) is 1. The normalized spacial score (nSPS) is 23.0. The third-order valence-corrected chi connectivity index (χ3v) is 11.1. The van der Waals surface area contributed by atoms with Crippen molar-refractivity contribution in [2.24, 2.45) is 0 Å². The molecule has 5 aromatic rings. The Morgan fingerprint density at radius 2 is 1.44 bits per heavy atom. The number of aliphatic hydroxyl groups excluding tert-OH is 1. The van der Waals surface area contributed by atoms with Crippen molar-refractivity contribution < 1.29 is 57.1 Å². The van der Waals surface area contributed by atoms with E-state index in [1.165, 1.54) is 14.2 Å².